The summed E-state index contributed by atoms with van der Waals surface area (Å²) >= 11 is 0. The molecule has 0 radical (unpaired) electrons. The van der Waals surface area contributed by atoms with Crippen LogP contribution >= 0.6 is 0 Å². The second kappa shape index (κ2) is 4.99. The molecule has 4 aliphatic carbocycles. The van der Waals surface area contributed by atoms with E-state index in [0.29, 0.717) is 12.0 Å². The largest absolute Gasteiger partial charge is 0.314 e. The summed E-state index contributed by atoms with van der Waals surface area (Å²) in [6.45, 7) is 3.67. The van der Waals surface area contributed by atoms with Crippen LogP contribution in [-0.2, 0) is 0 Å². The van der Waals surface area contributed by atoms with Crippen molar-refractivity contribution in [3.63, 3.8) is 0 Å². The zero-order valence-corrected chi connectivity index (χ0v) is 13.7. The van der Waals surface area contributed by atoms with Crippen molar-refractivity contribution in [3.8, 4) is 0 Å². The SMILES string of the molecule is FC1(F)C2=CC3=C(C=CCC3)[C@H](N3CCNCC3)C3=CC=CC[C@]321. The summed E-state index contributed by atoms with van der Waals surface area (Å²) in [6.07, 6.45) is 14.4. The van der Waals surface area contributed by atoms with Crippen molar-refractivity contribution >= 4 is 0 Å². The van der Waals surface area contributed by atoms with E-state index in [9.17, 15) is 8.78 Å². The standard InChI is InChI=1S/C20H22F2N2/c21-20(22)17-13-14-5-1-2-6-15(14)18(24-11-9-23-10-12-24)16-7-3-4-8-19(16,17)20/h2-4,6-7,13,18,23H,1,5,8-12H2/t18-,19-/m0/s1. The summed E-state index contributed by atoms with van der Waals surface area (Å²) < 4.78 is 29.8. The van der Waals surface area contributed by atoms with E-state index in [1.807, 2.05) is 24.3 Å². The van der Waals surface area contributed by atoms with Gasteiger partial charge in [0.15, 0.2) is 0 Å². The average molecular weight is 328 g/mol. The summed E-state index contributed by atoms with van der Waals surface area (Å²) in [5, 5.41) is 3.38. The third-order valence-electron chi connectivity index (χ3n) is 6.27. The molecule has 1 aliphatic heterocycles. The van der Waals surface area contributed by atoms with E-state index in [2.05, 4.69) is 22.4 Å². The smallest absolute Gasteiger partial charge is 0.284 e. The monoisotopic (exact) mass is 328 g/mol. The molecule has 0 aromatic rings. The number of piperazine rings is 1. The topological polar surface area (TPSA) is 15.3 Å². The number of halogens is 2. The van der Waals surface area contributed by atoms with Gasteiger partial charge < -0.3 is 5.32 Å². The summed E-state index contributed by atoms with van der Waals surface area (Å²) in [7, 11) is 0. The fourth-order valence-electron chi connectivity index (χ4n) is 5.00. The van der Waals surface area contributed by atoms with Crippen LogP contribution in [0.3, 0.4) is 0 Å². The number of nitrogens with zero attached hydrogens (tertiary/aromatic N) is 1. The summed E-state index contributed by atoms with van der Waals surface area (Å²) in [5.74, 6) is -2.68. The lowest BCUT2D eigenvalue weighted by molar-refractivity contribution is 0.0747. The molecule has 2 fully saturated rings. The van der Waals surface area contributed by atoms with Crippen molar-refractivity contribution < 1.29 is 8.78 Å². The van der Waals surface area contributed by atoms with E-state index in [-0.39, 0.29) is 6.04 Å². The third-order valence-corrected chi connectivity index (χ3v) is 6.27. The first-order valence-electron chi connectivity index (χ1n) is 8.98. The van der Waals surface area contributed by atoms with E-state index in [0.717, 1.165) is 50.2 Å². The van der Waals surface area contributed by atoms with E-state index >= 15 is 0 Å². The maximum absolute atomic E-state index is 14.9. The number of allylic oxidation sites excluding steroid dienone is 7. The van der Waals surface area contributed by atoms with Crippen LogP contribution in [0, 0.1) is 5.41 Å². The van der Waals surface area contributed by atoms with E-state index in [4.69, 9.17) is 0 Å². The molecular weight excluding hydrogens is 306 g/mol. The van der Waals surface area contributed by atoms with Crippen LogP contribution in [0.15, 0.2) is 58.7 Å². The average Bonchev–Trinajstić information content (AvgIpc) is 3.12. The highest BCUT2D eigenvalue weighted by Crippen LogP contribution is 2.74. The number of alkyl halides is 2. The zero-order valence-electron chi connectivity index (χ0n) is 13.7. The van der Waals surface area contributed by atoms with Gasteiger partial charge in [-0.25, -0.2) is 8.78 Å². The Kier molecular flexibility index (Phi) is 3.08. The fourth-order valence-corrected chi connectivity index (χ4v) is 5.00. The Morgan fingerprint density at radius 1 is 1.17 bits per heavy atom. The Morgan fingerprint density at radius 2 is 2.00 bits per heavy atom. The predicted molar refractivity (Wildman–Crippen MR) is 90.9 cm³/mol. The van der Waals surface area contributed by atoms with Crippen LogP contribution in [-0.4, -0.2) is 43.0 Å². The molecule has 0 amide bonds. The van der Waals surface area contributed by atoms with Crippen molar-refractivity contribution in [1.82, 2.24) is 10.2 Å². The van der Waals surface area contributed by atoms with E-state index < -0.39 is 11.3 Å². The van der Waals surface area contributed by atoms with Gasteiger partial charge in [0.2, 0.25) is 0 Å². The molecule has 0 aromatic heterocycles. The van der Waals surface area contributed by atoms with Gasteiger partial charge in [0.1, 0.15) is 0 Å². The predicted octanol–water partition coefficient (Wildman–Crippen LogP) is 3.37. The second-order valence-corrected chi connectivity index (χ2v) is 7.40. The molecule has 1 N–H and O–H groups in total. The van der Waals surface area contributed by atoms with Crippen LogP contribution in [0.2, 0.25) is 0 Å². The first-order valence-corrected chi connectivity index (χ1v) is 8.98. The molecule has 1 heterocycles. The summed E-state index contributed by atoms with van der Waals surface area (Å²) in [5.41, 5.74) is 2.59. The van der Waals surface area contributed by atoms with Gasteiger partial charge in [0.05, 0.1) is 11.5 Å². The highest BCUT2D eigenvalue weighted by Gasteiger charge is 2.78. The van der Waals surface area contributed by atoms with Gasteiger partial charge >= 0.3 is 0 Å². The Labute approximate surface area is 141 Å². The highest BCUT2D eigenvalue weighted by molar-refractivity contribution is 5.66. The van der Waals surface area contributed by atoms with Crippen molar-refractivity contribution in [1.29, 1.82) is 0 Å². The first-order chi connectivity index (χ1) is 11.7. The molecule has 0 bridgehead atoms. The Bertz CT molecular complexity index is 735. The molecule has 0 unspecified atom stereocenters. The third kappa shape index (κ3) is 1.76. The maximum Gasteiger partial charge on any atom is 0.284 e. The second-order valence-electron chi connectivity index (χ2n) is 7.40. The van der Waals surface area contributed by atoms with Crippen LogP contribution < -0.4 is 5.32 Å². The van der Waals surface area contributed by atoms with Crippen LogP contribution in [0.25, 0.3) is 0 Å². The number of hydrogen-bond acceptors (Lipinski definition) is 2. The zero-order chi connectivity index (χ0) is 16.4. The van der Waals surface area contributed by atoms with Crippen LogP contribution in [0.4, 0.5) is 8.78 Å². The molecule has 24 heavy (non-hydrogen) atoms. The lowest BCUT2D eigenvalue weighted by atomic mass is 9.78. The summed E-state index contributed by atoms with van der Waals surface area (Å²) in [4.78, 5) is 2.40. The molecule has 2 atom stereocenters. The Balaban J connectivity index is 1.70. The fraction of sp³-hybridized carbons (Fsp3) is 0.500. The van der Waals surface area contributed by atoms with Gasteiger partial charge in [0, 0.05) is 31.8 Å². The van der Waals surface area contributed by atoms with Gasteiger partial charge in [-0.1, -0.05) is 36.5 Å². The minimum atomic E-state index is -2.68. The molecule has 4 heteroatoms. The normalized spacial score (nSPS) is 37.0. The Hall–Kier alpha value is -1.52. The van der Waals surface area contributed by atoms with Gasteiger partial charge in [-0.05, 0) is 36.0 Å². The summed E-state index contributed by atoms with van der Waals surface area (Å²) in [6, 6.07) is -0.00859. The maximum atomic E-state index is 14.9. The van der Waals surface area contributed by atoms with E-state index in [1.54, 1.807) is 0 Å². The van der Waals surface area contributed by atoms with Gasteiger partial charge in [-0.2, -0.15) is 0 Å². The molecule has 0 aromatic carbocycles. The Morgan fingerprint density at radius 3 is 2.83 bits per heavy atom. The quantitative estimate of drug-likeness (QED) is 0.794. The van der Waals surface area contributed by atoms with Crippen LogP contribution in [0.5, 0.6) is 0 Å². The first kappa shape index (κ1) is 14.8. The minimum absolute atomic E-state index is 0.00859. The molecule has 2 nitrogen and oxygen atoms in total. The molecule has 1 saturated carbocycles. The minimum Gasteiger partial charge on any atom is -0.314 e. The van der Waals surface area contributed by atoms with Gasteiger partial charge in [-0.15, -0.1) is 0 Å². The molecule has 5 aliphatic rings. The number of hydrogen-bond donors (Lipinski definition) is 1. The van der Waals surface area contributed by atoms with Crippen LogP contribution in [0.1, 0.15) is 19.3 Å². The van der Waals surface area contributed by atoms with Crippen molar-refractivity contribution in [2.24, 2.45) is 5.41 Å². The molecular formula is C20H22F2N2. The van der Waals surface area contributed by atoms with Gasteiger partial charge in [0.25, 0.3) is 5.92 Å². The number of rotatable bonds is 1. The van der Waals surface area contributed by atoms with E-state index in [1.165, 1.54) is 5.57 Å². The lowest BCUT2D eigenvalue weighted by Crippen LogP contribution is -2.51. The molecule has 1 saturated heterocycles. The van der Waals surface area contributed by atoms with Crippen molar-refractivity contribution in [3.05, 3.63) is 58.7 Å². The molecule has 5 rings (SSSR count). The van der Waals surface area contributed by atoms with Crippen molar-refractivity contribution in [2.45, 2.75) is 31.2 Å². The molecule has 126 valence electrons. The highest BCUT2D eigenvalue weighted by atomic mass is 19.3. The van der Waals surface area contributed by atoms with Crippen molar-refractivity contribution in [2.75, 3.05) is 26.2 Å². The van der Waals surface area contributed by atoms with Gasteiger partial charge in [-0.3, -0.25) is 4.90 Å². The lowest BCUT2D eigenvalue weighted by Gasteiger charge is -2.40. The molecule has 1 spiro atoms. The number of nitrogens with one attached hydrogen (secondary N) is 1.